The molecule has 4 aromatic rings. The van der Waals surface area contributed by atoms with Crippen molar-refractivity contribution < 1.29 is 34.0 Å². The number of pyridine rings is 1. The Morgan fingerprint density at radius 3 is 2.49 bits per heavy atom. The van der Waals surface area contributed by atoms with E-state index in [1.807, 2.05) is 30.3 Å². The number of amides is 1. The van der Waals surface area contributed by atoms with Gasteiger partial charge in [0.05, 0.1) is 30.1 Å². The molecule has 1 aliphatic heterocycles. The van der Waals surface area contributed by atoms with Crippen molar-refractivity contribution in [3.8, 4) is 11.5 Å². The number of carbonyl (C=O) groups is 2. The van der Waals surface area contributed by atoms with Gasteiger partial charge in [0.2, 0.25) is 11.5 Å². The Bertz CT molecular complexity index is 1750. The number of aromatic hydroxyl groups is 1. The number of fused-ring (bicyclic) bond motifs is 1. The van der Waals surface area contributed by atoms with Crippen LogP contribution in [0.15, 0.2) is 77.6 Å². The van der Waals surface area contributed by atoms with Gasteiger partial charge in [-0.25, -0.2) is 4.39 Å². The Morgan fingerprint density at radius 2 is 1.77 bits per heavy atom. The van der Waals surface area contributed by atoms with Gasteiger partial charge in [-0.1, -0.05) is 42.5 Å². The Hall–Kier alpha value is -4.74. The molecule has 0 bridgehead atoms. The first-order valence-corrected chi connectivity index (χ1v) is 15.9. The highest BCUT2D eigenvalue weighted by molar-refractivity contribution is 5.87. The van der Waals surface area contributed by atoms with Crippen LogP contribution in [0.2, 0.25) is 0 Å². The van der Waals surface area contributed by atoms with Crippen molar-refractivity contribution in [1.29, 1.82) is 0 Å². The molecule has 1 amide bonds. The number of unbranched alkanes of at least 4 members (excludes halogenated alkanes) is 2. The van der Waals surface area contributed by atoms with Crippen molar-refractivity contribution in [3.63, 3.8) is 0 Å². The van der Waals surface area contributed by atoms with Gasteiger partial charge in [0.25, 0.3) is 0 Å². The number of phenolic OH excluding ortho intramolecular Hbond substituents is 1. The average Bonchev–Trinajstić information content (AvgIpc) is 3.07. The van der Waals surface area contributed by atoms with Gasteiger partial charge in [-0.05, 0) is 79.6 Å². The summed E-state index contributed by atoms with van der Waals surface area (Å²) in [6, 6.07) is 19.7. The lowest BCUT2D eigenvalue weighted by Gasteiger charge is -2.39. The number of carboxylic acids is 1. The van der Waals surface area contributed by atoms with Crippen LogP contribution in [0.3, 0.4) is 0 Å². The minimum atomic E-state index is -1.02. The number of aliphatic hydroxyl groups is 1. The van der Waals surface area contributed by atoms with Crippen molar-refractivity contribution >= 4 is 22.8 Å². The maximum absolute atomic E-state index is 14.8. The summed E-state index contributed by atoms with van der Waals surface area (Å²) in [5.41, 5.74) is 0.811. The third-order valence-corrected chi connectivity index (χ3v) is 8.92. The minimum Gasteiger partial charge on any atom is -0.506 e. The maximum atomic E-state index is 14.8. The summed E-state index contributed by atoms with van der Waals surface area (Å²) < 4.78 is 20.4. The molecular formula is C36H40FN3O7. The number of rotatable bonds is 14. The van der Waals surface area contributed by atoms with Gasteiger partial charge in [0.15, 0.2) is 11.6 Å². The first-order chi connectivity index (χ1) is 22.7. The molecule has 5 N–H and O–H groups in total. The van der Waals surface area contributed by atoms with Crippen LogP contribution in [0.5, 0.6) is 11.5 Å². The second kappa shape index (κ2) is 15.2. The fraction of sp³-hybridized carbons (Fsp3) is 0.361. The second-order valence-electron chi connectivity index (χ2n) is 12.0. The molecule has 1 atom stereocenters. The maximum Gasteiger partial charge on any atom is 0.314 e. The van der Waals surface area contributed by atoms with Crippen LogP contribution in [-0.4, -0.2) is 69.9 Å². The largest absolute Gasteiger partial charge is 0.506 e. The van der Waals surface area contributed by atoms with Crippen LogP contribution >= 0.6 is 0 Å². The molecule has 1 aliphatic rings. The number of hydrogen-bond donors (Lipinski definition) is 5. The zero-order chi connectivity index (χ0) is 33.4. The number of H-pyrrole nitrogens is 1. The number of nitrogens with zero attached hydrogens (tertiary/aromatic N) is 1. The lowest BCUT2D eigenvalue weighted by Crippen LogP contribution is -2.49. The fourth-order valence-corrected chi connectivity index (χ4v) is 6.19. The second-order valence-corrected chi connectivity index (χ2v) is 12.0. The number of carbonyl (C=O) groups excluding carboxylic acids is 1. The predicted molar refractivity (Wildman–Crippen MR) is 175 cm³/mol. The fourth-order valence-electron chi connectivity index (χ4n) is 6.19. The van der Waals surface area contributed by atoms with Gasteiger partial charge >= 0.3 is 5.97 Å². The summed E-state index contributed by atoms with van der Waals surface area (Å²) in [5.74, 6) is -1.53. The van der Waals surface area contributed by atoms with E-state index < -0.39 is 23.3 Å². The van der Waals surface area contributed by atoms with E-state index in [4.69, 9.17) is 4.74 Å². The van der Waals surface area contributed by atoms with Crippen LogP contribution in [0.4, 0.5) is 4.39 Å². The molecule has 3 aromatic carbocycles. The topological polar surface area (TPSA) is 152 Å². The van der Waals surface area contributed by atoms with E-state index in [1.165, 1.54) is 24.3 Å². The van der Waals surface area contributed by atoms with Crippen LogP contribution in [0, 0.1) is 5.82 Å². The molecule has 2 heterocycles. The first-order valence-electron chi connectivity index (χ1n) is 15.9. The Kier molecular flexibility index (Phi) is 10.9. The molecule has 0 spiro atoms. The Morgan fingerprint density at radius 1 is 1.00 bits per heavy atom. The molecule has 0 saturated carbocycles. The number of aliphatic hydroxyl groups excluding tert-OH is 1. The van der Waals surface area contributed by atoms with E-state index in [2.05, 4.69) is 10.3 Å². The van der Waals surface area contributed by atoms with Gasteiger partial charge in [0.1, 0.15) is 5.75 Å². The number of hydrogen-bond acceptors (Lipinski definition) is 7. The number of aliphatic carboxylic acids is 1. The summed E-state index contributed by atoms with van der Waals surface area (Å²) in [6.45, 7) is 1.92. The lowest BCUT2D eigenvalue weighted by atomic mass is 9.73. The van der Waals surface area contributed by atoms with Gasteiger partial charge in [-0.3, -0.25) is 14.4 Å². The number of aromatic amines is 1. The van der Waals surface area contributed by atoms with Crippen molar-refractivity contribution in [3.05, 3.63) is 106 Å². The smallest absolute Gasteiger partial charge is 0.314 e. The average molecular weight is 646 g/mol. The number of piperidine rings is 1. The third-order valence-electron chi connectivity index (χ3n) is 8.92. The third kappa shape index (κ3) is 7.98. The van der Waals surface area contributed by atoms with Gasteiger partial charge < -0.3 is 35.3 Å². The molecule has 5 rings (SSSR count). The Balaban J connectivity index is 1.00. The molecule has 0 unspecified atom stereocenters. The molecule has 1 saturated heterocycles. The number of nitrogens with one attached hydrogen (secondary N) is 2. The van der Waals surface area contributed by atoms with E-state index in [-0.39, 0.29) is 29.4 Å². The molecule has 47 heavy (non-hydrogen) atoms. The Labute approximate surface area is 271 Å². The monoisotopic (exact) mass is 645 g/mol. The standard InChI is InChI=1S/C36H40FN3O7/c37-28-21-24(22-33(44)40-18-15-36(16-19-40,35(45)46)25-7-3-1-4-8-25)9-13-31(28)47-20-6-2-5-17-38-23-30(42)26-10-12-29(41)34-27(26)11-14-32(43)39-34/h1,3-4,7-14,21,30,38,41-42H,2,5-6,15-20,22-23H2,(H,39,43)(H,45,46)/t30-/m0/s1. The summed E-state index contributed by atoms with van der Waals surface area (Å²) in [7, 11) is 0. The number of halogens is 1. The molecule has 0 aliphatic carbocycles. The van der Waals surface area contributed by atoms with Crippen molar-refractivity contribution in [2.45, 2.75) is 50.0 Å². The molecule has 1 fully saturated rings. The van der Waals surface area contributed by atoms with Gasteiger partial charge in [-0.2, -0.15) is 0 Å². The summed E-state index contributed by atoms with van der Waals surface area (Å²) in [4.78, 5) is 41.0. The van der Waals surface area contributed by atoms with Crippen molar-refractivity contribution in [2.75, 3.05) is 32.8 Å². The van der Waals surface area contributed by atoms with Crippen LogP contribution in [0.25, 0.3) is 10.9 Å². The summed E-state index contributed by atoms with van der Waals surface area (Å²) in [5, 5.41) is 34.5. The quantitative estimate of drug-likeness (QED) is 0.126. The zero-order valence-electron chi connectivity index (χ0n) is 26.1. The van der Waals surface area contributed by atoms with Gasteiger partial charge in [0, 0.05) is 31.1 Å². The normalized spacial score (nSPS) is 15.0. The number of carboxylic acid groups (broad SMARTS) is 1. The van der Waals surface area contributed by atoms with Crippen molar-refractivity contribution in [2.24, 2.45) is 0 Å². The number of benzene rings is 3. The lowest BCUT2D eigenvalue weighted by molar-refractivity contribution is -0.148. The van der Waals surface area contributed by atoms with Crippen LogP contribution in [-0.2, 0) is 21.4 Å². The highest BCUT2D eigenvalue weighted by atomic mass is 19.1. The molecular weight excluding hydrogens is 605 g/mol. The van der Waals surface area contributed by atoms with E-state index in [1.54, 1.807) is 23.1 Å². The number of ether oxygens (including phenoxy) is 1. The molecule has 1 aromatic heterocycles. The molecule has 0 radical (unpaired) electrons. The SMILES string of the molecule is O=C(Cc1ccc(OCCCCCNC[C@H](O)c2ccc(O)c3[nH]c(=O)ccc23)c(F)c1)N1CCC(C(=O)O)(c2ccccc2)CC1. The van der Waals surface area contributed by atoms with E-state index >= 15 is 0 Å². The summed E-state index contributed by atoms with van der Waals surface area (Å²) >= 11 is 0. The minimum absolute atomic E-state index is 0.0206. The van der Waals surface area contributed by atoms with Crippen LogP contribution < -0.4 is 15.6 Å². The van der Waals surface area contributed by atoms with E-state index in [0.29, 0.717) is 74.1 Å². The van der Waals surface area contributed by atoms with E-state index in [0.717, 1.165) is 18.4 Å². The predicted octanol–water partition coefficient (Wildman–Crippen LogP) is 4.43. The molecule has 11 heteroatoms. The van der Waals surface area contributed by atoms with Crippen LogP contribution in [0.1, 0.15) is 54.9 Å². The first kappa shape index (κ1) is 33.6. The highest BCUT2D eigenvalue weighted by Crippen LogP contribution is 2.36. The molecule has 248 valence electrons. The molecule has 10 nitrogen and oxygen atoms in total. The van der Waals surface area contributed by atoms with E-state index in [9.17, 15) is 34.1 Å². The van der Waals surface area contributed by atoms with Gasteiger partial charge in [-0.15, -0.1) is 0 Å². The number of aromatic nitrogens is 1. The zero-order valence-corrected chi connectivity index (χ0v) is 26.1. The van der Waals surface area contributed by atoms with Crippen molar-refractivity contribution in [1.82, 2.24) is 15.2 Å². The highest BCUT2D eigenvalue weighted by Gasteiger charge is 2.43. The number of likely N-dealkylation sites (tertiary alicyclic amines) is 1. The summed E-state index contributed by atoms with van der Waals surface area (Å²) in [6.07, 6.45) is 2.17. The number of phenols is 1.